The maximum absolute atomic E-state index is 13.1. The second kappa shape index (κ2) is 4.21. The van der Waals surface area contributed by atoms with Crippen molar-refractivity contribution in [2.45, 2.75) is 6.92 Å². The van der Waals surface area contributed by atoms with Crippen molar-refractivity contribution >= 4 is 24.2 Å². The SMILES string of the molecule is CC(=O)Nc1ccc(B(O)O)cc1F. The minimum atomic E-state index is -1.71. The zero-order valence-corrected chi connectivity index (χ0v) is 7.49. The maximum atomic E-state index is 13.1. The molecule has 0 bridgehead atoms. The van der Waals surface area contributed by atoms with E-state index in [1.807, 2.05) is 0 Å². The van der Waals surface area contributed by atoms with E-state index in [1.165, 1.54) is 19.1 Å². The van der Waals surface area contributed by atoms with Gasteiger partial charge in [0.15, 0.2) is 0 Å². The van der Waals surface area contributed by atoms with Gasteiger partial charge in [-0.15, -0.1) is 0 Å². The summed E-state index contributed by atoms with van der Waals surface area (Å²) in [6, 6.07) is 3.54. The molecule has 0 unspecified atom stereocenters. The minimum Gasteiger partial charge on any atom is -0.423 e. The van der Waals surface area contributed by atoms with Crippen LogP contribution in [0.25, 0.3) is 0 Å². The fraction of sp³-hybridized carbons (Fsp3) is 0.125. The van der Waals surface area contributed by atoms with E-state index < -0.39 is 12.9 Å². The highest BCUT2D eigenvalue weighted by Crippen LogP contribution is 2.11. The average Bonchev–Trinajstić information content (AvgIpc) is 2.07. The monoisotopic (exact) mass is 197 g/mol. The molecule has 14 heavy (non-hydrogen) atoms. The molecule has 0 aliphatic heterocycles. The van der Waals surface area contributed by atoms with Crippen LogP contribution in [-0.2, 0) is 4.79 Å². The maximum Gasteiger partial charge on any atom is 0.488 e. The molecule has 0 heterocycles. The lowest BCUT2D eigenvalue weighted by Gasteiger charge is -2.05. The molecule has 0 saturated heterocycles. The molecule has 1 aromatic carbocycles. The zero-order chi connectivity index (χ0) is 10.7. The van der Waals surface area contributed by atoms with Crippen LogP contribution < -0.4 is 10.8 Å². The van der Waals surface area contributed by atoms with Gasteiger partial charge in [0, 0.05) is 6.92 Å². The first-order valence-corrected chi connectivity index (χ1v) is 3.94. The summed E-state index contributed by atoms with van der Waals surface area (Å²) in [5.74, 6) is -1.09. The molecule has 4 nitrogen and oxygen atoms in total. The highest BCUT2D eigenvalue weighted by molar-refractivity contribution is 6.58. The summed E-state index contributed by atoms with van der Waals surface area (Å²) in [7, 11) is -1.71. The van der Waals surface area contributed by atoms with E-state index in [0.29, 0.717) is 0 Å². The minimum absolute atomic E-state index is 0.0156. The number of carbonyl (C=O) groups excluding carboxylic acids is 1. The van der Waals surface area contributed by atoms with Crippen LogP contribution >= 0.6 is 0 Å². The Labute approximate surface area is 80.5 Å². The highest BCUT2D eigenvalue weighted by Gasteiger charge is 2.13. The number of benzene rings is 1. The topological polar surface area (TPSA) is 69.6 Å². The van der Waals surface area contributed by atoms with Gasteiger partial charge >= 0.3 is 7.12 Å². The smallest absolute Gasteiger partial charge is 0.423 e. The number of anilines is 1. The second-order valence-electron chi connectivity index (χ2n) is 2.79. The molecule has 0 aliphatic carbocycles. The van der Waals surface area contributed by atoms with Crippen molar-refractivity contribution in [3.63, 3.8) is 0 Å². The molecular weight excluding hydrogens is 188 g/mol. The summed E-state index contributed by atoms with van der Waals surface area (Å²) in [6.07, 6.45) is 0. The van der Waals surface area contributed by atoms with Gasteiger partial charge in [0.05, 0.1) is 5.69 Å². The average molecular weight is 197 g/mol. The van der Waals surface area contributed by atoms with E-state index in [0.717, 1.165) is 6.07 Å². The molecule has 0 spiro atoms. The van der Waals surface area contributed by atoms with Crippen LogP contribution in [0, 0.1) is 5.82 Å². The van der Waals surface area contributed by atoms with E-state index in [9.17, 15) is 9.18 Å². The number of hydrogen-bond acceptors (Lipinski definition) is 3. The third kappa shape index (κ3) is 2.55. The Hall–Kier alpha value is -1.40. The summed E-state index contributed by atoms with van der Waals surface area (Å²) in [6.45, 7) is 1.26. The van der Waals surface area contributed by atoms with Crippen molar-refractivity contribution in [1.29, 1.82) is 0 Å². The second-order valence-corrected chi connectivity index (χ2v) is 2.79. The molecule has 1 rings (SSSR count). The van der Waals surface area contributed by atoms with Gasteiger partial charge in [0.1, 0.15) is 5.82 Å². The van der Waals surface area contributed by atoms with Gasteiger partial charge in [-0.05, 0) is 17.6 Å². The van der Waals surface area contributed by atoms with Gasteiger partial charge in [0.25, 0.3) is 0 Å². The molecule has 0 radical (unpaired) electrons. The summed E-state index contributed by atoms with van der Waals surface area (Å²) >= 11 is 0. The predicted octanol–water partition coefficient (Wildman–Crippen LogP) is -0.536. The Balaban J connectivity index is 2.95. The molecule has 6 heteroatoms. The summed E-state index contributed by atoms with van der Waals surface area (Å²) in [4.78, 5) is 10.6. The van der Waals surface area contributed by atoms with Crippen LogP contribution in [0.3, 0.4) is 0 Å². The molecule has 1 amide bonds. The lowest BCUT2D eigenvalue weighted by molar-refractivity contribution is -0.114. The first-order chi connectivity index (χ1) is 6.50. The third-order valence-corrected chi connectivity index (χ3v) is 1.60. The van der Waals surface area contributed by atoms with E-state index in [1.54, 1.807) is 0 Å². The third-order valence-electron chi connectivity index (χ3n) is 1.60. The lowest BCUT2D eigenvalue weighted by atomic mass is 9.80. The molecule has 0 atom stereocenters. The van der Waals surface area contributed by atoms with Gasteiger partial charge in [-0.3, -0.25) is 4.79 Å². The predicted molar refractivity (Wildman–Crippen MR) is 50.5 cm³/mol. The summed E-state index contributed by atoms with van der Waals surface area (Å²) in [5.41, 5.74) is 0.0542. The molecule has 0 saturated carbocycles. The zero-order valence-electron chi connectivity index (χ0n) is 7.49. The van der Waals surface area contributed by atoms with Gasteiger partial charge in [-0.1, -0.05) is 6.07 Å². The van der Waals surface area contributed by atoms with Crippen molar-refractivity contribution < 1.29 is 19.2 Å². The number of rotatable bonds is 2. The van der Waals surface area contributed by atoms with Crippen molar-refractivity contribution in [2.24, 2.45) is 0 Å². The quantitative estimate of drug-likeness (QED) is 0.558. The molecule has 0 aromatic heterocycles. The Kier molecular flexibility index (Phi) is 3.21. The van der Waals surface area contributed by atoms with Crippen LogP contribution in [0.4, 0.5) is 10.1 Å². The lowest BCUT2D eigenvalue weighted by Crippen LogP contribution is -2.30. The van der Waals surface area contributed by atoms with Crippen molar-refractivity contribution in [2.75, 3.05) is 5.32 Å². The standard InChI is InChI=1S/C8H9BFNO3/c1-5(12)11-8-3-2-6(9(13)14)4-7(8)10/h2-4,13-14H,1H3,(H,11,12). The molecule has 0 fully saturated rings. The van der Waals surface area contributed by atoms with Crippen molar-refractivity contribution in [1.82, 2.24) is 0 Å². The van der Waals surface area contributed by atoms with Crippen molar-refractivity contribution in [3.8, 4) is 0 Å². The Morgan fingerprint density at radius 3 is 2.57 bits per heavy atom. The number of hydrogen-bond donors (Lipinski definition) is 3. The van der Waals surface area contributed by atoms with Gasteiger partial charge < -0.3 is 15.4 Å². The Morgan fingerprint density at radius 2 is 2.14 bits per heavy atom. The summed E-state index contributed by atoms with van der Waals surface area (Å²) in [5, 5.41) is 19.7. The Morgan fingerprint density at radius 1 is 1.50 bits per heavy atom. The van der Waals surface area contributed by atoms with Crippen LogP contribution in [0.1, 0.15) is 6.92 Å². The molecule has 1 aromatic rings. The number of carbonyl (C=O) groups is 1. The van der Waals surface area contributed by atoms with E-state index in [4.69, 9.17) is 10.0 Å². The number of nitrogens with one attached hydrogen (secondary N) is 1. The van der Waals surface area contributed by atoms with Gasteiger partial charge in [-0.2, -0.15) is 0 Å². The van der Waals surface area contributed by atoms with Crippen LogP contribution in [0.5, 0.6) is 0 Å². The summed E-state index contributed by atoms with van der Waals surface area (Å²) < 4.78 is 13.1. The van der Waals surface area contributed by atoms with Crippen LogP contribution in [0.15, 0.2) is 18.2 Å². The fourth-order valence-electron chi connectivity index (χ4n) is 0.983. The number of amides is 1. The van der Waals surface area contributed by atoms with Crippen LogP contribution in [-0.4, -0.2) is 23.1 Å². The first-order valence-electron chi connectivity index (χ1n) is 3.94. The molecule has 74 valence electrons. The molecule has 0 aliphatic rings. The normalized spacial score (nSPS) is 9.71. The Bertz CT molecular complexity index is 356. The molecular formula is C8H9BFNO3. The highest BCUT2D eigenvalue weighted by atomic mass is 19.1. The first kappa shape index (κ1) is 10.7. The fourth-order valence-corrected chi connectivity index (χ4v) is 0.983. The van der Waals surface area contributed by atoms with Gasteiger partial charge in [0.2, 0.25) is 5.91 Å². The van der Waals surface area contributed by atoms with E-state index in [2.05, 4.69) is 5.32 Å². The largest absolute Gasteiger partial charge is 0.488 e. The van der Waals surface area contributed by atoms with E-state index >= 15 is 0 Å². The van der Waals surface area contributed by atoms with E-state index in [-0.39, 0.29) is 17.1 Å². The van der Waals surface area contributed by atoms with Gasteiger partial charge in [-0.25, -0.2) is 4.39 Å². The number of halogens is 1. The van der Waals surface area contributed by atoms with Crippen LogP contribution in [0.2, 0.25) is 0 Å². The van der Waals surface area contributed by atoms with Crippen molar-refractivity contribution in [3.05, 3.63) is 24.0 Å². The molecule has 3 N–H and O–H groups in total.